The number of carbonyl (C=O) groups is 1. The molecule has 0 N–H and O–H groups in total. The van der Waals surface area contributed by atoms with Crippen LogP contribution in [-0.4, -0.2) is 30.8 Å². The fourth-order valence-electron chi connectivity index (χ4n) is 1.80. The molecule has 0 heterocycles. The van der Waals surface area contributed by atoms with Gasteiger partial charge in [-0.05, 0) is 20.0 Å². The van der Waals surface area contributed by atoms with E-state index in [1.165, 1.54) is 19.3 Å². The predicted molar refractivity (Wildman–Crippen MR) is 72.4 cm³/mol. The van der Waals surface area contributed by atoms with E-state index in [-0.39, 0.29) is 5.78 Å². The maximum absolute atomic E-state index is 11.9. The average Bonchev–Trinajstić information content (AvgIpc) is 2.37. The summed E-state index contributed by atoms with van der Waals surface area (Å²) in [5.41, 5.74) is 0.828. The van der Waals surface area contributed by atoms with Crippen molar-refractivity contribution in [3.05, 3.63) is 35.9 Å². The van der Waals surface area contributed by atoms with Gasteiger partial charge >= 0.3 is 0 Å². The molecule has 0 aliphatic rings. The van der Waals surface area contributed by atoms with E-state index in [9.17, 15) is 4.79 Å². The first-order chi connectivity index (χ1) is 8.24. The van der Waals surface area contributed by atoms with Gasteiger partial charge in [-0.1, -0.05) is 50.1 Å². The second-order valence-electron chi connectivity index (χ2n) is 4.55. The largest absolute Gasteiger partial charge is 0.306 e. The first kappa shape index (κ1) is 13.9. The van der Waals surface area contributed by atoms with Crippen LogP contribution in [0.2, 0.25) is 0 Å². The van der Waals surface area contributed by atoms with Crippen molar-refractivity contribution >= 4 is 5.78 Å². The van der Waals surface area contributed by atoms with Gasteiger partial charge in [-0.25, -0.2) is 0 Å². The molecule has 2 heteroatoms. The third-order valence-corrected chi connectivity index (χ3v) is 2.96. The van der Waals surface area contributed by atoms with Crippen LogP contribution in [0.25, 0.3) is 0 Å². The molecule has 0 bridgehead atoms. The summed E-state index contributed by atoms with van der Waals surface area (Å²) in [5.74, 6) is 0.243. The van der Waals surface area contributed by atoms with E-state index in [0.717, 1.165) is 18.7 Å². The molecule has 0 aliphatic heterocycles. The van der Waals surface area contributed by atoms with E-state index < -0.39 is 0 Å². The minimum atomic E-state index is 0.243. The summed E-state index contributed by atoms with van der Waals surface area (Å²) in [5, 5.41) is 0. The topological polar surface area (TPSA) is 20.3 Å². The zero-order valence-electron chi connectivity index (χ0n) is 11.0. The molecular formula is C15H23NO. The van der Waals surface area contributed by atoms with Gasteiger partial charge in [0.2, 0.25) is 0 Å². The number of unbranched alkanes of at least 4 members (excludes halogenated alkanes) is 2. The monoisotopic (exact) mass is 233 g/mol. The molecule has 2 nitrogen and oxygen atoms in total. The van der Waals surface area contributed by atoms with Crippen LogP contribution in [0.15, 0.2) is 30.3 Å². The highest BCUT2D eigenvalue weighted by atomic mass is 16.1. The Labute approximate surface area is 105 Å². The van der Waals surface area contributed by atoms with Gasteiger partial charge in [0.25, 0.3) is 0 Å². The molecule has 1 rings (SSSR count). The maximum Gasteiger partial charge on any atom is 0.164 e. The van der Waals surface area contributed by atoms with Gasteiger partial charge in [-0.15, -0.1) is 0 Å². The van der Waals surface area contributed by atoms with Gasteiger partial charge in [0, 0.05) is 18.5 Å². The number of nitrogens with zero attached hydrogens (tertiary/aromatic N) is 1. The van der Waals surface area contributed by atoms with E-state index in [1.54, 1.807) is 0 Å². The van der Waals surface area contributed by atoms with Crippen molar-refractivity contribution in [3.8, 4) is 0 Å². The minimum Gasteiger partial charge on any atom is -0.306 e. The van der Waals surface area contributed by atoms with E-state index in [4.69, 9.17) is 0 Å². The molecule has 0 aromatic heterocycles. The first-order valence-corrected chi connectivity index (χ1v) is 6.51. The fraction of sp³-hybridized carbons (Fsp3) is 0.533. The Morgan fingerprint density at radius 1 is 1.12 bits per heavy atom. The summed E-state index contributed by atoms with van der Waals surface area (Å²) in [7, 11) is 2.09. The van der Waals surface area contributed by atoms with E-state index >= 15 is 0 Å². The Kier molecular flexibility index (Phi) is 6.56. The molecule has 0 radical (unpaired) electrons. The second kappa shape index (κ2) is 8.02. The number of ketones is 1. The fourth-order valence-corrected chi connectivity index (χ4v) is 1.80. The number of hydrogen-bond acceptors (Lipinski definition) is 2. The van der Waals surface area contributed by atoms with Crippen molar-refractivity contribution in [3.63, 3.8) is 0 Å². The number of rotatable bonds is 8. The summed E-state index contributed by atoms with van der Waals surface area (Å²) in [6.45, 7) is 4.16. The van der Waals surface area contributed by atoms with Crippen LogP contribution in [0.1, 0.15) is 43.0 Å². The normalized spacial score (nSPS) is 10.8. The molecule has 0 unspecified atom stereocenters. The molecule has 0 atom stereocenters. The zero-order chi connectivity index (χ0) is 12.5. The standard InChI is InChI=1S/C15H23NO/c1-3-4-8-12-16(2)13-11-15(17)14-9-6-5-7-10-14/h5-7,9-10H,3-4,8,11-13H2,1-2H3. The lowest BCUT2D eigenvalue weighted by Crippen LogP contribution is -2.23. The Morgan fingerprint density at radius 2 is 1.82 bits per heavy atom. The lowest BCUT2D eigenvalue weighted by molar-refractivity contribution is 0.0969. The molecule has 1 aromatic rings. The molecule has 94 valence electrons. The Balaban J connectivity index is 2.24. The molecule has 0 aliphatic carbocycles. The van der Waals surface area contributed by atoms with E-state index in [0.29, 0.717) is 6.42 Å². The van der Waals surface area contributed by atoms with Gasteiger partial charge in [0.15, 0.2) is 5.78 Å². The summed E-state index contributed by atoms with van der Waals surface area (Å²) < 4.78 is 0. The van der Waals surface area contributed by atoms with Crippen molar-refractivity contribution < 1.29 is 4.79 Å². The summed E-state index contributed by atoms with van der Waals surface area (Å²) >= 11 is 0. The second-order valence-corrected chi connectivity index (χ2v) is 4.55. The third-order valence-electron chi connectivity index (χ3n) is 2.96. The first-order valence-electron chi connectivity index (χ1n) is 6.51. The van der Waals surface area contributed by atoms with Gasteiger partial charge in [-0.3, -0.25) is 4.79 Å². The molecule has 17 heavy (non-hydrogen) atoms. The van der Waals surface area contributed by atoms with Gasteiger partial charge < -0.3 is 4.90 Å². The highest BCUT2D eigenvalue weighted by molar-refractivity contribution is 5.96. The van der Waals surface area contributed by atoms with Crippen LogP contribution in [0.4, 0.5) is 0 Å². The Hall–Kier alpha value is -1.15. The third kappa shape index (κ3) is 5.64. The van der Waals surface area contributed by atoms with Crippen LogP contribution in [0.3, 0.4) is 0 Å². The van der Waals surface area contributed by atoms with Crippen molar-refractivity contribution in [2.24, 2.45) is 0 Å². The quantitative estimate of drug-likeness (QED) is 0.507. The minimum absolute atomic E-state index is 0.243. The molecule has 0 spiro atoms. The molecule has 0 amide bonds. The lowest BCUT2D eigenvalue weighted by atomic mass is 10.1. The summed E-state index contributed by atoms with van der Waals surface area (Å²) in [6.07, 6.45) is 4.37. The van der Waals surface area contributed by atoms with Crippen LogP contribution in [0, 0.1) is 0 Å². The number of carbonyl (C=O) groups excluding carboxylic acids is 1. The van der Waals surface area contributed by atoms with Crippen molar-refractivity contribution in [2.75, 3.05) is 20.1 Å². The van der Waals surface area contributed by atoms with Crippen molar-refractivity contribution in [1.82, 2.24) is 4.90 Å². The molecule has 0 fully saturated rings. The summed E-state index contributed by atoms with van der Waals surface area (Å²) in [4.78, 5) is 14.1. The Morgan fingerprint density at radius 3 is 2.47 bits per heavy atom. The van der Waals surface area contributed by atoms with Crippen molar-refractivity contribution in [1.29, 1.82) is 0 Å². The van der Waals surface area contributed by atoms with Crippen LogP contribution < -0.4 is 0 Å². The molecule has 0 saturated carbocycles. The van der Waals surface area contributed by atoms with E-state index in [2.05, 4.69) is 18.9 Å². The number of benzene rings is 1. The Bertz CT molecular complexity index is 321. The average molecular weight is 233 g/mol. The zero-order valence-corrected chi connectivity index (χ0v) is 11.0. The van der Waals surface area contributed by atoms with Gasteiger partial charge in [-0.2, -0.15) is 0 Å². The maximum atomic E-state index is 11.9. The van der Waals surface area contributed by atoms with Crippen LogP contribution in [0.5, 0.6) is 0 Å². The lowest BCUT2D eigenvalue weighted by Gasteiger charge is -2.15. The SMILES string of the molecule is CCCCCN(C)CCC(=O)c1ccccc1. The highest BCUT2D eigenvalue weighted by Gasteiger charge is 2.06. The van der Waals surface area contributed by atoms with Crippen molar-refractivity contribution in [2.45, 2.75) is 32.6 Å². The predicted octanol–water partition coefficient (Wildman–Crippen LogP) is 3.38. The highest BCUT2D eigenvalue weighted by Crippen LogP contribution is 2.04. The molecular weight excluding hydrogens is 210 g/mol. The smallest absolute Gasteiger partial charge is 0.164 e. The van der Waals surface area contributed by atoms with Gasteiger partial charge in [0.1, 0.15) is 0 Å². The number of hydrogen-bond donors (Lipinski definition) is 0. The van der Waals surface area contributed by atoms with E-state index in [1.807, 2.05) is 30.3 Å². The number of Topliss-reactive ketones (excluding diaryl/α,β-unsaturated/α-hetero) is 1. The molecule has 0 saturated heterocycles. The van der Waals surface area contributed by atoms with Gasteiger partial charge in [0.05, 0.1) is 0 Å². The molecule has 1 aromatic carbocycles. The van der Waals surface area contributed by atoms with Crippen LogP contribution >= 0.6 is 0 Å². The summed E-state index contributed by atoms with van der Waals surface area (Å²) in [6, 6.07) is 9.54. The van der Waals surface area contributed by atoms with Crippen LogP contribution in [-0.2, 0) is 0 Å².